The van der Waals surface area contributed by atoms with Crippen molar-refractivity contribution in [3.05, 3.63) is 224 Å². The summed E-state index contributed by atoms with van der Waals surface area (Å²) in [7, 11) is 0. The molecule has 0 fully saturated rings. The van der Waals surface area contributed by atoms with Crippen molar-refractivity contribution in [2.75, 3.05) is 4.90 Å². The second kappa shape index (κ2) is 14.5. The zero-order valence-corrected chi connectivity index (χ0v) is 33.9. The Morgan fingerprint density at radius 3 is 1.79 bits per heavy atom. The smallest absolute Gasteiger partial charge is 0.136 e. The minimum atomic E-state index is 0.882. The van der Waals surface area contributed by atoms with Crippen LogP contribution in [-0.2, 0) is 0 Å². The van der Waals surface area contributed by atoms with E-state index >= 15 is 0 Å². The summed E-state index contributed by atoms with van der Waals surface area (Å²) >= 11 is 1.86. The fourth-order valence-electron chi connectivity index (χ4n) is 9.10. The van der Waals surface area contributed by atoms with Crippen LogP contribution < -0.4 is 4.90 Å². The Morgan fingerprint density at radius 2 is 0.918 bits per heavy atom. The van der Waals surface area contributed by atoms with Gasteiger partial charge in [-0.05, 0) is 116 Å². The van der Waals surface area contributed by atoms with E-state index in [2.05, 4.69) is 217 Å². The third-order valence-electron chi connectivity index (χ3n) is 12.1. The highest BCUT2D eigenvalue weighted by atomic mass is 32.1. The molecule has 2 aromatic heterocycles. The van der Waals surface area contributed by atoms with Gasteiger partial charge >= 0.3 is 0 Å². The molecule has 286 valence electrons. The van der Waals surface area contributed by atoms with E-state index in [0.717, 1.165) is 55.7 Å². The van der Waals surface area contributed by atoms with E-state index in [1.807, 2.05) is 23.5 Å². The summed E-state index contributed by atoms with van der Waals surface area (Å²) in [5.74, 6) is 0. The van der Waals surface area contributed by atoms with Crippen LogP contribution >= 0.6 is 11.3 Å². The van der Waals surface area contributed by atoms with Gasteiger partial charge in [0.05, 0.1) is 5.69 Å². The molecule has 0 radical (unpaired) electrons. The molecule has 0 saturated heterocycles. The second-order valence-electron chi connectivity index (χ2n) is 15.7. The van der Waals surface area contributed by atoms with Crippen LogP contribution in [0, 0.1) is 0 Å². The number of para-hydroxylation sites is 2. The molecule has 12 rings (SSSR count). The highest BCUT2D eigenvalue weighted by molar-refractivity contribution is 7.25. The normalized spacial score (nSPS) is 11.6. The molecular formula is C58H37NOS. The molecule has 0 bridgehead atoms. The largest absolute Gasteiger partial charge is 0.456 e. The van der Waals surface area contributed by atoms with Crippen LogP contribution in [0.15, 0.2) is 229 Å². The van der Waals surface area contributed by atoms with Crippen LogP contribution in [0.5, 0.6) is 0 Å². The van der Waals surface area contributed by atoms with Gasteiger partial charge in [-0.25, -0.2) is 0 Å². The maximum absolute atomic E-state index is 6.41. The van der Waals surface area contributed by atoms with Crippen molar-refractivity contribution < 1.29 is 4.42 Å². The lowest BCUT2D eigenvalue weighted by Crippen LogP contribution is -2.11. The average Bonchev–Trinajstić information content (AvgIpc) is 3.90. The van der Waals surface area contributed by atoms with E-state index < -0.39 is 0 Å². The molecular weight excluding hydrogens is 759 g/mol. The monoisotopic (exact) mass is 795 g/mol. The van der Waals surface area contributed by atoms with E-state index in [1.165, 1.54) is 58.8 Å². The lowest BCUT2D eigenvalue weighted by molar-refractivity contribution is 0.669. The highest BCUT2D eigenvalue weighted by Gasteiger charge is 2.20. The molecule has 61 heavy (non-hydrogen) atoms. The SMILES string of the molecule is c1cc(-c2ccccc2-c2ccc3ccccc3c2)cc(N(c2ccc(-c3ccc4c(c3)sc3ccccc34)cc2)c2ccccc2-c2ccc3c(c2)oc2ccccc23)c1. The molecule has 0 atom stereocenters. The molecule has 10 aromatic carbocycles. The number of furan rings is 1. The van der Waals surface area contributed by atoms with E-state index in [9.17, 15) is 0 Å². The lowest BCUT2D eigenvalue weighted by Gasteiger charge is -2.28. The van der Waals surface area contributed by atoms with Gasteiger partial charge in [-0.2, -0.15) is 0 Å². The minimum absolute atomic E-state index is 0.882. The Hall–Kier alpha value is -7.72. The number of fused-ring (bicyclic) bond motifs is 7. The van der Waals surface area contributed by atoms with Crippen molar-refractivity contribution in [1.29, 1.82) is 0 Å². The molecule has 2 heterocycles. The molecule has 0 N–H and O–H groups in total. The summed E-state index contributed by atoms with van der Waals surface area (Å²) in [5, 5.41) is 7.36. The number of hydrogen-bond donors (Lipinski definition) is 0. The van der Waals surface area contributed by atoms with Gasteiger partial charge in [-0.3, -0.25) is 0 Å². The first-order valence-electron chi connectivity index (χ1n) is 20.7. The van der Waals surface area contributed by atoms with Crippen LogP contribution in [0.25, 0.3) is 97.4 Å². The first-order chi connectivity index (χ1) is 30.2. The predicted molar refractivity (Wildman–Crippen MR) is 261 cm³/mol. The van der Waals surface area contributed by atoms with Gasteiger partial charge in [0.15, 0.2) is 0 Å². The van der Waals surface area contributed by atoms with Crippen molar-refractivity contribution in [2.45, 2.75) is 0 Å². The summed E-state index contributed by atoms with van der Waals surface area (Å²) in [6, 6.07) is 81.3. The molecule has 0 spiro atoms. The molecule has 0 aliphatic heterocycles. The van der Waals surface area contributed by atoms with Gasteiger partial charge < -0.3 is 9.32 Å². The zero-order valence-electron chi connectivity index (χ0n) is 33.1. The number of benzene rings is 10. The number of nitrogens with zero attached hydrogens (tertiary/aromatic N) is 1. The Morgan fingerprint density at radius 1 is 0.311 bits per heavy atom. The second-order valence-corrected chi connectivity index (χ2v) is 16.8. The number of hydrogen-bond acceptors (Lipinski definition) is 3. The van der Waals surface area contributed by atoms with Crippen molar-refractivity contribution in [1.82, 2.24) is 0 Å². The van der Waals surface area contributed by atoms with Crippen LogP contribution in [0.1, 0.15) is 0 Å². The zero-order chi connectivity index (χ0) is 40.3. The van der Waals surface area contributed by atoms with Gasteiger partial charge in [-0.1, -0.05) is 158 Å². The third-order valence-corrected chi connectivity index (χ3v) is 13.2. The lowest BCUT2D eigenvalue weighted by atomic mass is 9.93. The molecule has 0 amide bonds. The third kappa shape index (κ3) is 6.18. The molecule has 0 aliphatic carbocycles. The topological polar surface area (TPSA) is 16.4 Å². The number of rotatable bonds is 7. The first-order valence-corrected chi connectivity index (χ1v) is 21.5. The van der Waals surface area contributed by atoms with Gasteiger partial charge in [0.25, 0.3) is 0 Å². The Bertz CT molecular complexity index is 3610. The van der Waals surface area contributed by atoms with E-state index in [4.69, 9.17) is 4.42 Å². The van der Waals surface area contributed by atoms with Crippen LogP contribution in [-0.4, -0.2) is 0 Å². The molecule has 0 unspecified atom stereocenters. The van der Waals surface area contributed by atoms with Crippen LogP contribution in [0.3, 0.4) is 0 Å². The van der Waals surface area contributed by atoms with Crippen molar-refractivity contribution >= 4 is 81.3 Å². The van der Waals surface area contributed by atoms with Gasteiger partial charge in [0.1, 0.15) is 11.2 Å². The van der Waals surface area contributed by atoms with E-state index in [0.29, 0.717) is 0 Å². The number of anilines is 3. The quantitative estimate of drug-likeness (QED) is 0.160. The van der Waals surface area contributed by atoms with E-state index in [-0.39, 0.29) is 0 Å². The fourth-order valence-corrected chi connectivity index (χ4v) is 10.2. The molecule has 0 saturated carbocycles. The van der Waals surface area contributed by atoms with Crippen LogP contribution in [0.2, 0.25) is 0 Å². The predicted octanol–water partition coefficient (Wildman–Crippen LogP) is 17.2. The Labute approximate surface area is 357 Å². The van der Waals surface area contributed by atoms with Crippen LogP contribution in [0.4, 0.5) is 17.1 Å². The summed E-state index contributed by atoms with van der Waals surface area (Å²) in [6.45, 7) is 0. The maximum Gasteiger partial charge on any atom is 0.136 e. The Balaban J connectivity index is 0.998. The standard InChI is InChI=1S/C58H37NOS/c1-2-13-40-34-43(25-24-38(40)12-1)48-17-4-3-16-47(48)42-14-11-15-46(35-42)59(45-30-26-39(27-31-45)41-28-33-53-52-20-7-10-23-57(52)61-58(53)37-41)54-21-8-5-18-49(54)44-29-32-51-50-19-6-9-22-55(50)60-56(51)36-44/h1-37H. The van der Waals surface area contributed by atoms with Crippen molar-refractivity contribution in [3.8, 4) is 44.5 Å². The molecule has 12 aromatic rings. The maximum atomic E-state index is 6.41. The van der Waals surface area contributed by atoms with Gasteiger partial charge in [0.2, 0.25) is 0 Å². The van der Waals surface area contributed by atoms with Crippen molar-refractivity contribution in [3.63, 3.8) is 0 Å². The average molecular weight is 796 g/mol. The highest BCUT2D eigenvalue weighted by Crippen LogP contribution is 2.45. The summed E-state index contributed by atoms with van der Waals surface area (Å²) in [6.07, 6.45) is 0. The molecule has 0 aliphatic rings. The number of thiophene rings is 1. The Kier molecular flexibility index (Phi) is 8.39. The van der Waals surface area contributed by atoms with Gasteiger partial charge in [-0.15, -0.1) is 11.3 Å². The fraction of sp³-hybridized carbons (Fsp3) is 0. The summed E-state index contributed by atoms with van der Waals surface area (Å²) in [5.41, 5.74) is 14.4. The first kappa shape index (κ1) is 35.2. The van der Waals surface area contributed by atoms with E-state index in [1.54, 1.807) is 0 Å². The molecule has 2 nitrogen and oxygen atoms in total. The van der Waals surface area contributed by atoms with Gasteiger partial charge in [0, 0.05) is 47.9 Å². The van der Waals surface area contributed by atoms with Crippen molar-refractivity contribution in [2.24, 2.45) is 0 Å². The molecule has 3 heteroatoms. The summed E-state index contributed by atoms with van der Waals surface area (Å²) in [4.78, 5) is 2.40. The minimum Gasteiger partial charge on any atom is -0.456 e. The summed E-state index contributed by atoms with van der Waals surface area (Å²) < 4.78 is 9.03.